The summed E-state index contributed by atoms with van der Waals surface area (Å²) < 4.78 is 13.1. The predicted molar refractivity (Wildman–Crippen MR) is 61.8 cm³/mol. The fourth-order valence-corrected chi connectivity index (χ4v) is 3.79. The van der Waals surface area contributed by atoms with Gasteiger partial charge in [-0.25, -0.2) is 0 Å². The van der Waals surface area contributed by atoms with Gasteiger partial charge in [0.15, 0.2) is 0 Å². The molecule has 0 aromatic heterocycles. The summed E-state index contributed by atoms with van der Waals surface area (Å²) in [6, 6.07) is 7.74. The lowest BCUT2D eigenvalue weighted by molar-refractivity contribution is 0.672. The molecule has 76 valence electrons. The fourth-order valence-electron chi connectivity index (χ4n) is 1.60. The highest BCUT2D eigenvalue weighted by Gasteiger charge is 2.23. The Morgan fingerprint density at radius 1 is 1.43 bits per heavy atom. The van der Waals surface area contributed by atoms with Crippen molar-refractivity contribution in [3.05, 3.63) is 28.7 Å². The molecule has 1 aliphatic heterocycles. The molecule has 0 spiro atoms. The Hall–Kier alpha value is -0.190. The van der Waals surface area contributed by atoms with Crippen LogP contribution in [0.25, 0.3) is 0 Å². The Labute approximate surface area is 94.7 Å². The quantitative estimate of drug-likeness (QED) is 0.892. The summed E-state index contributed by atoms with van der Waals surface area (Å²) in [4.78, 5) is 0.918. The van der Waals surface area contributed by atoms with E-state index in [1.165, 1.54) is 0 Å². The minimum Gasteiger partial charge on any atom is -0.315 e. The molecule has 1 aromatic carbocycles. The first-order valence-electron chi connectivity index (χ1n) is 4.65. The normalized spacial score (nSPS) is 23.6. The molecule has 2 atom stereocenters. The molecule has 14 heavy (non-hydrogen) atoms. The van der Waals surface area contributed by atoms with Crippen molar-refractivity contribution < 1.29 is 4.21 Å². The van der Waals surface area contributed by atoms with Crippen LogP contribution in [0.1, 0.15) is 6.42 Å². The van der Waals surface area contributed by atoms with E-state index in [1.54, 1.807) is 0 Å². The third-order valence-corrected chi connectivity index (χ3v) is 5.12. The molecular formula is C10H12BrNOS. The average Bonchev–Trinajstić information content (AvgIpc) is 2.70. The van der Waals surface area contributed by atoms with E-state index in [2.05, 4.69) is 21.2 Å². The van der Waals surface area contributed by atoms with Crippen LogP contribution in [0.4, 0.5) is 0 Å². The zero-order valence-electron chi connectivity index (χ0n) is 7.70. The molecule has 2 rings (SSSR count). The predicted octanol–water partition coefficient (Wildman–Crippen LogP) is 1.92. The van der Waals surface area contributed by atoms with E-state index in [4.69, 9.17) is 0 Å². The summed E-state index contributed by atoms with van der Waals surface area (Å²) in [6.45, 7) is 1.86. The third-order valence-electron chi connectivity index (χ3n) is 2.37. The molecule has 0 radical (unpaired) electrons. The smallest absolute Gasteiger partial charge is 0.0585 e. The second-order valence-electron chi connectivity index (χ2n) is 3.34. The van der Waals surface area contributed by atoms with Crippen molar-refractivity contribution in [1.29, 1.82) is 0 Å². The van der Waals surface area contributed by atoms with Gasteiger partial charge >= 0.3 is 0 Å². The lowest BCUT2D eigenvalue weighted by Gasteiger charge is -2.09. The summed E-state index contributed by atoms with van der Waals surface area (Å²) in [5.41, 5.74) is 0. The van der Waals surface area contributed by atoms with Gasteiger partial charge in [-0.15, -0.1) is 0 Å². The summed E-state index contributed by atoms with van der Waals surface area (Å²) in [5.74, 6) is 0. The number of benzene rings is 1. The molecule has 1 heterocycles. The molecule has 1 saturated heterocycles. The van der Waals surface area contributed by atoms with Crippen LogP contribution in [0, 0.1) is 0 Å². The monoisotopic (exact) mass is 273 g/mol. The van der Waals surface area contributed by atoms with Gasteiger partial charge in [0.2, 0.25) is 0 Å². The van der Waals surface area contributed by atoms with Crippen LogP contribution < -0.4 is 5.32 Å². The van der Waals surface area contributed by atoms with Crippen LogP contribution in [0.15, 0.2) is 33.6 Å². The van der Waals surface area contributed by atoms with Crippen molar-refractivity contribution in [1.82, 2.24) is 5.32 Å². The van der Waals surface area contributed by atoms with Gasteiger partial charge < -0.3 is 5.32 Å². The number of hydrogen-bond donors (Lipinski definition) is 1. The summed E-state index contributed by atoms with van der Waals surface area (Å²) >= 11 is 3.43. The van der Waals surface area contributed by atoms with Crippen molar-refractivity contribution in [2.45, 2.75) is 16.6 Å². The Balaban J connectivity index is 2.22. The Morgan fingerprint density at radius 2 is 2.21 bits per heavy atom. The van der Waals surface area contributed by atoms with Crippen LogP contribution in [0.2, 0.25) is 0 Å². The minimum absolute atomic E-state index is 0.272. The van der Waals surface area contributed by atoms with Crippen molar-refractivity contribution in [3.8, 4) is 0 Å². The van der Waals surface area contributed by atoms with E-state index >= 15 is 0 Å². The number of nitrogens with one attached hydrogen (secondary N) is 1. The largest absolute Gasteiger partial charge is 0.315 e. The van der Waals surface area contributed by atoms with Crippen LogP contribution in [0.5, 0.6) is 0 Å². The van der Waals surface area contributed by atoms with E-state index in [-0.39, 0.29) is 5.25 Å². The molecule has 0 aliphatic carbocycles. The van der Waals surface area contributed by atoms with Crippen molar-refractivity contribution in [2.24, 2.45) is 0 Å². The lowest BCUT2D eigenvalue weighted by Crippen LogP contribution is -2.18. The average molecular weight is 274 g/mol. The van der Waals surface area contributed by atoms with Crippen molar-refractivity contribution >= 4 is 26.7 Å². The first-order valence-corrected chi connectivity index (χ1v) is 6.65. The molecule has 2 unspecified atom stereocenters. The molecule has 2 nitrogen and oxygen atoms in total. The Kier molecular flexibility index (Phi) is 3.36. The second-order valence-corrected chi connectivity index (χ2v) is 5.90. The molecule has 0 bridgehead atoms. The van der Waals surface area contributed by atoms with Gasteiger partial charge in [-0.05, 0) is 41.0 Å². The number of rotatable bonds is 2. The SMILES string of the molecule is O=S(c1ccccc1Br)C1CCNC1. The van der Waals surface area contributed by atoms with Gasteiger partial charge in [-0.3, -0.25) is 4.21 Å². The standard InChI is InChI=1S/C10H12BrNOS/c11-9-3-1-2-4-10(9)14(13)8-5-6-12-7-8/h1-4,8,12H,5-7H2. The molecule has 1 aliphatic rings. The zero-order chi connectivity index (χ0) is 9.97. The first-order chi connectivity index (χ1) is 6.79. The van der Waals surface area contributed by atoms with Crippen LogP contribution in [-0.2, 0) is 10.8 Å². The molecular weight excluding hydrogens is 262 g/mol. The second kappa shape index (κ2) is 4.55. The number of halogens is 1. The van der Waals surface area contributed by atoms with Crippen LogP contribution >= 0.6 is 15.9 Å². The maximum atomic E-state index is 12.1. The van der Waals surface area contributed by atoms with Crippen molar-refractivity contribution in [3.63, 3.8) is 0 Å². The fraction of sp³-hybridized carbons (Fsp3) is 0.400. The van der Waals surface area contributed by atoms with Gasteiger partial charge in [0.1, 0.15) is 0 Å². The maximum absolute atomic E-state index is 12.1. The summed E-state index contributed by atoms with van der Waals surface area (Å²) in [7, 11) is -0.880. The van der Waals surface area contributed by atoms with Gasteiger partial charge in [0, 0.05) is 11.0 Å². The van der Waals surface area contributed by atoms with E-state index in [9.17, 15) is 4.21 Å². The van der Waals surface area contributed by atoms with Crippen LogP contribution in [0.3, 0.4) is 0 Å². The number of hydrogen-bond acceptors (Lipinski definition) is 2. The molecule has 1 N–H and O–H groups in total. The third kappa shape index (κ3) is 2.07. The van der Waals surface area contributed by atoms with E-state index in [1.807, 2.05) is 24.3 Å². The summed E-state index contributed by atoms with van der Waals surface area (Å²) in [5, 5.41) is 3.51. The maximum Gasteiger partial charge on any atom is 0.0585 e. The van der Waals surface area contributed by atoms with Gasteiger partial charge in [0.05, 0.1) is 20.9 Å². The molecule has 1 aromatic rings. The van der Waals surface area contributed by atoms with Crippen molar-refractivity contribution in [2.75, 3.05) is 13.1 Å². The first kappa shape index (κ1) is 10.3. The molecule has 0 saturated carbocycles. The molecule has 1 fully saturated rings. The highest BCUT2D eigenvalue weighted by Crippen LogP contribution is 2.23. The minimum atomic E-state index is -0.880. The Bertz CT molecular complexity index is 350. The van der Waals surface area contributed by atoms with E-state index in [0.717, 1.165) is 28.9 Å². The van der Waals surface area contributed by atoms with E-state index in [0.29, 0.717) is 0 Å². The topological polar surface area (TPSA) is 29.1 Å². The van der Waals surface area contributed by atoms with Crippen LogP contribution in [-0.4, -0.2) is 22.5 Å². The Morgan fingerprint density at radius 3 is 2.86 bits per heavy atom. The highest BCUT2D eigenvalue weighted by molar-refractivity contribution is 9.10. The zero-order valence-corrected chi connectivity index (χ0v) is 10.1. The van der Waals surface area contributed by atoms with Gasteiger partial charge in [0.25, 0.3) is 0 Å². The highest BCUT2D eigenvalue weighted by atomic mass is 79.9. The van der Waals surface area contributed by atoms with Gasteiger partial charge in [-0.2, -0.15) is 0 Å². The lowest BCUT2D eigenvalue weighted by atomic mass is 10.4. The van der Waals surface area contributed by atoms with Gasteiger partial charge in [-0.1, -0.05) is 12.1 Å². The summed E-state index contributed by atoms with van der Waals surface area (Å²) in [6.07, 6.45) is 1.01. The molecule has 4 heteroatoms. The van der Waals surface area contributed by atoms with E-state index < -0.39 is 10.8 Å². The molecule has 0 amide bonds.